The van der Waals surface area contributed by atoms with Crippen molar-refractivity contribution in [2.45, 2.75) is 13.1 Å². The highest BCUT2D eigenvalue weighted by atomic mass is 16.7. The SMILES string of the molecule is NCCn1cc(C(=O)NCc2noc(-c3ccc4c(c3)OCO4)n2)nn1. The Labute approximate surface area is 147 Å². The quantitative estimate of drug-likeness (QED) is 0.620. The molecule has 0 fully saturated rings. The van der Waals surface area contributed by atoms with Crippen LogP contribution in [0.25, 0.3) is 11.5 Å². The summed E-state index contributed by atoms with van der Waals surface area (Å²) in [6.07, 6.45) is 1.52. The molecule has 0 saturated carbocycles. The van der Waals surface area contributed by atoms with Crippen molar-refractivity contribution in [2.75, 3.05) is 13.3 Å². The van der Waals surface area contributed by atoms with Crippen molar-refractivity contribution < 1.29 is 18.8 Å². The van der Waals surface area contributed by atoms with Crippen LogP contribution in [0.1, 0.15) is 16.3 Å². The van der Waals surface area contributed by atoms with E-state index in [1.54, 1.807) is 18.2 Å². The third-order valence-corrected chi connectivity index (χ3v) is 3.62. The molecule has 0 aliphatic carbocycles. The minimum atomic E-state index is -0.386. The van der Waals surface area contributed by atoms with Gasteiger partial charge in [0.2, 0.25) is 6.79 Å². The Morgan fingerprint density at radius 3 is 3.08 bits per heavy atom. The number of nitrogens with one attached hydrogen (secondary N) is 1. The molecule has 3 aromatic rings. The molecule has 0 unspecified atom stereocenters. The van der Waals surface area contributed by atoms with Gasteiger partial charge in [0.05, 0.1) is 19.3 Å². The van der Waals surface area contributed by atoms with Crippen LogP contribution in [0.15, 0.2) is 28.9 Å². The zero-order chi connectivity index (χ0) is 17.9. The smallest absolute Gasteiger partial charge is 0.273 e. The number of carbonyl (C=O) groups is 1. The first-order chi connectivity index (χ1) is 12.7. The van der Waals surface area contributed by atoms with Crippen LogP contribution in [0.2, 0.25) is 0 Å². The highest BCUT2D eigenvalue weighted by Crippen LogP contribution is 2.35. The highest BCUT2D eigenvalue weighted by Gasteiger charge is 2.17. The van der Waals surface area contributed by atoms with Gasteiger partial charge in [0, 0.05) is 12.1 Å². The summed E-state index contributed by atoms with van der Waals surface area (Å²) in [6.45, 7) is 1.19. The fourth-order valence-electron chi connectivity index (χ4n) is 2.37. The van der Waals surface area contributed by atoms with E-state index in [2.05, 4.69) is 25.8 Å². The predicted molar refractivity (Wildman–Crippen MR) is 86.1 cm³/mol. The first-order valence-corrected chi connectivity index (χ1v) is 7.84. The topological polar surface area (TPSA) is 143 Å². The lowest BCUT2D eigenvalue weighted by molar-refractivity contribution is 0.0944. The van der Waals surface area contributed by atoms with E-state index in [0.29, 0.717) is 41.9 Å². The molecule has 0 atom stereocenters. The lowest BCUT2D eigenvalue weighted by atomic mass is 10.2. The van der Waals surface area contributed by atoms with E-state index in [1.807, 2.05) is 0 Å². The Balaban J connectivity index is 1.39. The molecule has 11 nitrogen and oxygen atoms in total. The number of benzene rings is 1. The predicted octanol–water partition coefficient (Wildman–Crippen LogP) is -0.0545. The van der Waals surface area contributed by atoms with E-state index in [0.717, 1.165) is 0 Å². The van der Waals surface area contributed by atoms with Crippen molar-refractivity contribution in [3.05, 3.63) is 35.9 Å². The Morgan fingerprint density at radius 2 is 2.19 bits per heavy atom. The van der Waals surface area contributed by atoms with Gasteiger partial charge in [-0.1, -0.05) is 10.4 Å². The average molecular weight is 357 g/mol. The number of hydrogen-bond acceptors (Lipinski definition) is 9. The fraction of sp³-hybridized carbons (Fsp3) is 0.267. The second-order valence-corrected chi connectivity index (χ2v) is 5.42. The first-order valence-electron chi connectivity index (χ1n) is 7.84. The van der Waals surface area contributed by atoms with Gasteiger partial charge in [0.15, 0.2) is 23.0 Å². The van der Waals surface area contributed by atoms with Gasteiger partial charge < -0.3 is 25.0 Å². The number of aromatic nitrogens is 5. The van der Waals surface area contributed by atoms with E-state index >= 15 is 0 Å². The summed E-state index contributed by atoms with van der Waals surface area (Å²) in [4.78, 5) is 16.3. The number of amides is 1. The van der Waals surface area contributed by atoms with E-state index in [9.17, 15) is 4.79 Å². The van der Waals surface area contributed by atoms with Crippen molar-refractivity contribution in [1.82, 2.24) is 30.5 Å². The summed E-state index contributed by atoms with van der Waals surface area (Å²) in [5.41, 5.74) is 6.32. The number of nitrogens with zero attached hydrogens (tertiary/aromatic N) is 5. The lowest BCUT2D eigenvalue weighted by Crippen LogP contribution is -2.23. The summed E-state index contributed by atoms with van der Waals surface area (Å²) in [5.74, 6) is 1.56. The molecule has 1 aromatic carbocycles. The molecule has 0 bridgehead atoms. The van der Waals surface area contributed by atoms with Gasteiger partial charge in [-0.05, 0) is 18.2 Å². The van der Waals surface area contributed by atoms with Crippen LogP contribution in [0.5, 0.6) is 11.5 Å². The van der Waals surface area contributed by atoms with E-state index in [-0.39, 0.29) is 24.9 Å². The second kappa shape index (κ2) is 6.80. The molecular formula is C15H15N7O4. The molecule has 0 radical (unpaired) electrons. The highest BCUT2D eigenvalue weighted by molar-refractivity contribution is 5.91. The second-order valence-electron chi connectivity index (χ2n) is 5.42. The Hall–Kier alpha value is -3.47. The van der Waals surface area contributed by atoms with Gasteiger partial charge in [-0.3, -0.25) is 9.48 Å². The van der Waals surface area contributed by atoms with Crippen LogP contribution in [0, 0.1) is 0 Å². The Bertz CT molecular complexity index is 936. The number of nitrogens with two attached hydrogens (primary N) is 1. The minimum Gasteiger partial charge on any atom is -0.454 e. The maximum atomic E-state index is 12.1. The van der Waals surface area contributed by atoms with Gasteiger partial charge in [-0.25, -0.2) is 0 Å². The van der Waals surface area contributed by atoms with E-state index < -0.39 is 0 Å². The molecule has 134 valence electrons. The van der Waals surface area contributed by atoms with Crippen LogP contribution >= 0.6 is 0 Å². The summed E-state index contributed by atoms with van der Waals surface area (Å²) >= 11 is 0. The largest absolute Gasteiger partial charge is 0.454 e. The van der Waals surface area contributed by atoms with Gasteiger partial charge in [0.25, 0.3) is 11.8 Å². The number of fused-ring (bicyclic) bond motifs is 1. The van der Waals surface area contributed by atoms with Crippen molar-refractivity contribution in [2.24, 2.45) is 5.73 Å². The Morgan fingerprint density at radius 1 is 1.31 bits per heavy atom. The minimum absolute atomic E-state index is 0.0939. The normalized spacial score (nSPS) is 12.3. The summed E-state index contributed by atoms with van der Waals surface area (Å²) in [5, 5.41) is 14.1. The molecule has 26 heavy (non-hydrogen) atoms. The fourth-order valence-corrected chi connectivity index (χ4v) is 2.37. The molecule has 3 N–H and O–H groups in total. The molecule has 0 spiro atoms. The molecule has 4 rings (SSSR count). The zero-order valence-electron chi connectivity index (χ0n) is 13.6. The maximum Gasteiger partial charge on any atom is 0.273 e. The molecule has 1 aliphatic rings. The summed E-state index contributed by atoms with van der Waals surface area (Å²) in [6, 6.07) is 5.32. The van der Waals surface area contributed by atoms with Crippen molar-refractivity contribution in [1.29, 1.82) is 0 Å². The molecule has 1 aliphatic heterocycles. The summed E-state index contributed by atoms with van der Waals surface area (Å²) < 4.78 is 17.3. The van der Waals surface area contributed by atoms with Gasteiger partial charge in [0.1, 0.15) is 0 Å². The molecule has 1 amide bonds. The molecular weight excluding hydrogens is 342 g/mol. The molecule has 11 heteroatoms. The standard InChI is InChI=1S/C15H15N7O4/c16-3-4-22-7-10(19-21-22)14(23)17-6-13-18-15(26-20-13)9-1-2-11-12(5-9)25-8-24-11/h1-2,5,7H,3-4,6,8,16H2,(H,17,23). The average Bonchev–Trinajstić information content (AvgIpc) is 3.39. The van der Waals surface area contributed by atoms with Crippen LogP contribution < -0.4 is 20.5 Å². The zero-order valence-corrected chi connectivity index (χ0v) is 13.6. The third kappa shape index (κ3) is 3.19. The molecule has 0 saturated heterocycles. The van der Waals surface area contributed by atoms with Crippen LogP contribution in [-0.4, -0.2) is 44.4 Å². The Kier molecular flexibility index (Phi) is 4.19. The van der Waals surface area contributed by atoms with E-state index in [4.69, 9.17) is 19.7 Å². The molecule has 2 aromatic heterocycles. The monoisotopic (exact) mass is 357 g/mol. The maximum absolute atomic E-state index is 12.1. The lowest BCUT2D eigenvalue weighted by Gasteiger charge is -1.98. The summed E-state index contributed by atoms with van der Waals surface area (Å²) in [7, 11) is 0. The van der Waals surface area contributed by atoms with Gasteiger partial charge in [-0.2, -0.15) is 4.98 Å². The number of hydrogen-bond donors (Lipinski definition) is 2. The number of carbonyl (C=O) groups excluding carboxylic acids is 1. The van der Waals surface area contributed by atoms with Gasteiger partial charge >= 0.3 is 0 Å². The number of ether oxygens (including phenoxy) is 2. The first kappa shape index (κ1) is 16.0. The van der Waals surface area contributed by atoms with Crippen LogP contribution in [-0.2, 0) is 13.1 Å². The van der Waals surface area contributed by atoms with Crippen molar-refractivity contribution >= 4 is 5.91 Å². The van der Waals surface area contributed by atoms with Gasteiger partial charge in [-0.15, -0.1) is 5.10 Å². The molecule has 3 heterocycles. The number of rotatable bonds is 6. The third-order valence-electron chi connectivity index (χ3n) is 3.62. The van der Waals surface area contributed by atoms with Crippen molar-refractivity contribution in [3.63, 3.8) is 0 Å². The van der Waals surface area contributed by atoms with Crippen LogP contribution in [0.4, 0.5) is 0 Å². The van der Waals surface area contributed by atoms with E-state index in [1.165, 1.54) is 10.9 Å². The van der Waals surface area contributed by atoms with Crippen LogP contribution in [0.3, 0.4) is 0 Å². The van der Waals surface area contributed by atoms with Crippen molar-refractivity contribution in [3.8, 4) is 23.0 Å².